The Morgan fingerprint density at radius 2 is 1.94 bits per heavy atom. The highest BCUT2D eigenvalue weighted by Gasteiger charge is 2.23. The molecule has 1 aromatic rings. The molecule has 4 heteroatoms. The molecular weight excluding hydrogens is 210 g/mol. The van der Waals surface area contributed by atoms with E-state index in [0.29, 0.717) is 18.8 Å². The van der Waals surface area contributed by atoms with E-state index in [1.807, 2.05) is 20.9 Å². The average molecular weight is 228 g/mol. The number of nitrogens with one attached hydrogen (secondary N) is 2. The van der Waals surface area contributed by atoms with Gasteiger partial charge in [-0.05, 0) is 18.7 Å². The summed E-state index contributed by atoms with van der Waals surface area (Å²) in [5.41, 5.74) is 0.159. The van der Waals surface area contributed by atoms with E-state index in [1.54, 1.807) is 0 Å². The lowest BCUT2D eigenvalue weighted by Gasteiger charge is -2.26. The zero-order valence-electron chi connectivity index (χ0n) is 9.90. The standard InChI is InChI=1S/C12H18F2N2/c1-12(2,7-16-8-15-3)10-5-4-9(13)6-11(10)14/h4-6,15-16H,7-8H2,1-3H3. The van der Waals surface area contributed by atoms with Crippen molar-refractivity contribution >= 4 is 0 Å². The molecule has 2 nitrogen and oxygen atoms in total. The van der Waals surface area contributed by atoms with Gasteiger partial charge in [0, 0.05) is 24.7 Å². The molecule has 0 aliphatic heterocycles. The van der Waals surface area contributed by atoms with E-state index >= 15 is 0 Å². The van der Waals surface area contributed by atoms with E-state index in [0.717, 1.165) is 6.07 Å². The van der Waals surface area contributed by atoms with Crippen molar-refractivity contribution < 1.29 is 8.78 Å². The first kappa shape index (κ1) is 13.1. The van der Waals surface area contributed by atoms with Crippen molar-refractivity contribution in [1.82, 2.24) is 10.6 Å². The normalized spacial score (nSPS) is 11.8. The van der Waals surface area contributed by atoms with Crippen LogP contribution in [0, 0.1) is 11.6 Å². The maximum absolute atomic E-state index is 13.6. The molecule has 0 heterocycles. The van der Waals surface area contributed by atoms with E-state index in [9.17, 15) is 8.78 Å². The molecule has 0 spiro atoms. The van der Waals surface area contributed by atoms with Crippen molar-refractivity contribution in [2.75, 3.05) is 20.3 Å². The van der Waals surface area contributed by atoms with Crippen LogP contribution in [0.15, 0.2) is 18.2 Å². The molecule has 0 aromatic heterocycles. The minimum absolute atomic E-state index is 0.366. The van der Waals surface area contributed by atoms with Crippen LogP contribution >= 0.6 is 0 Å². The first-order chi connectivity index (χ1) is 7.47. The summed E-state index contributed by atoms with van der Waals surface area (Å²) in [7, 11) is 1.83. The van der Waals surface area contributed by atoms with Crippen LogP contribution in [-0.2, 0) is 5.41 Å². The Morgan fingerprint density at radius 1 is 1.25 bits per heavy atom. The van der Waals surface area contributed by atoms with Crippen LogP contribution in [0.3, 0.4) is 0 Å². The molecule has 0 saturated carbocycles. The molecule has 16 heavy (non-hydrogen) atoms. The molecule has 0 radical (unpaired) electrons. The Balaban J connectivity index is 2.80. The second-order valence-corrected chi connectivity index (χ2v) is 4.47. The molecule has 1 rings (SSSR count). The molecule has 0 bridgehead atoms. The fraction of sp³-hybridized carbons (Fsp3) is 0.500. The molecule has 0 aliphatic rings. The third kappa shape index (κ3) is 3.25. The van der Waals surface area contributed by atoms with E-state index in [1.165, 1.54) is 12.1 Å². The minimum Gasteiger partial charge on any atom is -0.308 e. The molecule has 0 fully saturated rings. The van der Waals surface area contributed by atoms with E-state index in [4.69, 9.17) is 0 Å². The fourth-order valence-corrected chi connectivity index (χ4v) is 1.63. The smallest absolute Gasteiger partial charge is 0.129 e. The molecule has 1 aromatic carbocycles. The van der Waals surface area contributed by atoms with Gasteiger partial charge in [-0.1, -0.05) is 19.9 Å². The lowest BCUT2D eigenvalue weighted by Crippen LogP contribution is -2.37. The van der Waals surface area contributed by atoms with Crippen LogP contribution in [0.1, 0.15) is 19.4 Å². The van der Waals surface area contributed by atoms with Gasteiger partial charge >= 0.3 is 0 Å². The highest BCUT2D eigenvalue weighted by molar-refractivity contribution is 5.26. The van der Waals surface area contributed by atoms with Crippen LogP contribution < -0.4 is 10.6 Å². The average Bonchev–Trinajstić information content (AvgIpc) is 2.17. The Labute approximate surface area is 95.1 Å². The van der Waals surface area contributed by atoms with Gasteiger partial charge in [-0.15, -0.1) is 0 Å². The third-order valence-electron chi connectivity index (χ3n) is 2.53. The number of rotatable bonds is 5. The van der Waals surface area contributed by atoms with E-state index in [-0.39, 0.29) is 5.41 Å². The second kappa shape index (κ2) is 5.37. The molecule has 0 aliphatic carbocycles. The van der Waals surface area contributed by atoms with Gasteiger partial charge in [-0.3, -0.25) is 0 Å². The molecule has 0 amide bonds. The van der Waals surface area contributed by atoms with Crippen LogP contribution in [0.2, 0.25) is 0 Å². The zero-order valence-corrected chi connectivity index (χ0v) is 9.90. The van der Waals surface area contributed by atoms with Gasteiger partial charge in [0.1, 0.15) is 11.6 Å². The molecule has 90 valence electrons. The van der Waals surface area contributed by atoms with Crippen LogP contribution in [-0.4, -0.2) is 20.3 Å². The van der Waals surface area contributed by atoms with E-state index in [2.05, 4.69) is 10.6 Å². The van der Waals surface area contributed by atoms with Gasteiger partial charge in [-0.25, -0.2) is 8.78 Å². The number of hydrogen-bond acceptors (Lipinski definition) is 2. The lowest BCUT2D eigenvalue weighted by molar-refractivity contribution is 0.436. The predicted octanol–water partition coefficient (Wildman–Crippen LogP) is 2.01. The molecular formula is C12H18F2N2. The lowest BCUT2D eigenvalue weighted by atomic mass is 9.84. The number of hydrogen-bond donors (Lipinski definition) is 2. The highest BCUT2D eigenvalue weighted by atomic mass is 19.1. The Morgan fingerprint density at radius 3 is 2.50 bits per heavy atom. The SMILES string of the molecule is CNCNCC(C)(C)c1ccc(F)cc1F. The Kier molecular flexibility index (Phi) is 4.38. The summed E-state index contributed by atoms with van der Waals surface area (Å²) >= 11 is 0. The number of benzene rings is 1. The van der Waals surface area contributed by atoms with Crippen molar-refractivity contribution in [1.29, 1.82) is 0 Å². The summed E-state index contributed by atoms with van der Waals surface area (Å²) in [6, 6.07) is 3.72. The van der Waals surface area contributed by atoms with Crippen LogP contribution in [0.25, 0.3) is 0 Å². The van der Waals surface area contributed by atoms with Crippen molar-refractivity contribution in [3.05, 3.63) is 35.4 Å². The summed E-state index contributed by atoms with van der Waals surface area (Å²) in [5.74, 6) is -1.03. The van der Waals surface area contributed by atoms with E-state index < -0.39 is 11.6 Å². The number of halogens is 2. The van der Waals surface area contributed by atoms with Gasteiger partial charge in [0.2, 0.25) is 0 Å². The Hall–Kier alpha value is -1.00. The fourth-order valence-electron chi connectivity index (χ4n) is 1.63. The summed E-state index contributed by atoms with van der Waals surface area (Å²) in [4.78, 5) is 0. The predicted molar refractivity (Wildman–Crippen MR) is 61.3 cm³/mol. The minimum atomic E-state index is -0.541. The van der Waals surface area contributed by atoms with Gasteiger partial charge in [0.15, 0.2) is 0 Å². The maximum Gasteiger partial charge on any atom is 0.129 e. The van der Waals surface area contributed by atoms with Gasteiger partial charge in [-0.2, -0.15) is 0 Å². The van der Waals surface area contributed by atoms with Crippen molar-refractivity contribution in [2.24, 2.45) is 0 Å². The Bertz CT molecular complexity index is 351. The maximum atomic E-state index is 13.6. The van der Waals surface area contributed by atoms with Crippen LogP contribution in [0.4, 0.5) is 8.78 Å². The molecule has 2 N–H and O–H groups in total. The quantitative estimate of drug-likeness (QED) is 0.595. The summed E-state index contributed by atoms with van der Waals surface area (Å²) in [5, 5.41) is 6.09. The molecule has 0 atom stereocenters. The monoisotopic (exact) mass is 228 g/mol. The van der Waals surface area contributed by atoms with Crippen molar-refractivity contribution in [3.8, 4) is 0 Å². The van der Waals surface area contributed by atoms with Crippen LogP contribution in [0.5, 0.6) is 0 Å². The summed E-state index contributed by atoms with van der Waals surface area (Å²) < 4.78 is 26.3. The zero-order chi connectivity index (χ0) is 12.2. The summed E-state index contributed by atoms with van der Waals surface area (Å²) in [6.07, 6.45) is 0. The van der Waals surface area contributed by atoms with Crippen molar-refractivity contribution in [2.45, 2.75) is 19.3 Å². The largest absolute Gasteiger partial charge is 0.308 e. The van der Waals surface area contributed by atoms with Gasteiger partial charge < -0.3 is 10.6 Å². The van der Waals surface area contributed by atoms with Gasteiger partial charge in [0.05, 0.1) is 0 Å². The molecule has 0 unspecified atom stereocenters. The molecule has 0 saturated heterocycles. The highest BCUT2D eigenvalue weighted by Crippen LogP contribution is 2.25. The second-order valence-electron chi connectivity index (χ2n) is 4.47. The third-order valence-corrected chi connectivity index (χ3v) is 2.53. The topological polar surface area (TPSA) is 24.1 Å². The van der Waals surface area contributed by atoms with Crippen molar-refractivity contribution in [3.63, 3.8) is 0 Å². The first-order valence-electron chi connectivity index (χ1n) is 5.28. The first-order valence-corrected chi connectivity index (χ1v) is 5.28. The summed E-state index contributed by atoms with van der Waals surface area (Å²) in [6.45, 7) is 5.13. The van der Waals surface area contributed by atoms with Gasteiger partial charge in [0.25, 0.3) is 0 Å².